The molecule has 0 saturated heterocycles. The quantitative estimate of drug-likeness (QED) is 0.377. The lowest BCUT2D eigenvalue weighted by Gasteiger charge is -2.10. The second-order valence-electron chi connectivity index (χ2n) is 6.94. The van der Waals surface area contributed by atoms with Gasteiger partial charge in [-0.25, -0.2) is 4.98 Å². The smallest absolute Gasteiger partial charge is 0.145 e. The van der Waals surface area contributed by atoms with E-state index in [0.717, 1.165) is 33.4 Å². The summed E-state index contributed by atoms with van der Waals surface area (Å²) in [5, 5.41) is 0.724. The minimum Gasteiger partial charge on any atom is -0.299 e. The molecule has 2 nitrogen and oxygen atoms in total. The number of halogens is 1. The maximum absolute atomic E-state index is 6.08. The minimum atomic E-state index is 0.512. The fourth-order valence-electron chi connectivity index (χ4n) is 3.15. The second-order valence-corrected chi connectivity index (χ2v) is 7.38. The van der Waals surface area contributed by atoms with Gasteiger partial charge in [0.1, 0.15) is 5.82 Å². The largest absolute Gasteiger partial charge is 0.299 e. The first-order valence-electron chi connectivity index (χ1n) is 9.13. The predicted octanol–water partition coefficient (Wildman–Crippen LogP) is 6.98. The fourth-order valence-corrected chi connectivity index (χ4v) is 3.27. The Morgan fingerprint density at radius 3 is 2.07 bits per heavy atom. The van der Waals surface area contributed by atoms with Gasteiger partial charge in [-0.05, 0) is 47.9 Å². The molecule has 0 aliphatic heterocycles. The third kappa shape index (κ3) is 3.67. The fraction of sp³-hybridized carbons (Fsp3) is 0.125. The van der Waals surface area contributed by atoms with Crippen molar-refractivity contribution < 1.29 is 0 Å². The molecule has 0 fully saturated rings. The SMILES string of the molecule is CC(C)c1ccc(-n2cc(-c3ccccc3)nc2-c2ccc(Cl)cc2)cc1. The molecule has 0 N–H and O–H groups in total. The van der Waals surface area contributed by atoms with Crippen LogP contribution in [0.1, 0.15) is 25.3 Å². The maximum Gasteiger partial charge on any atom is 0.145 e. The highest BCUT2D eigenvalue weighted by Crippen LogP contribution is 2.29. The Kier molecular flexibility index (Phi) is 4.83. The molecule has 0 spiro atoms. The van der Waals surface area contributed by atoms with Crippen LogP contribution in [-0.2, 0) is 0 Å². The summed E-state index contributed by atoms with van der Waals surface area (Å²) in [6, 6.07) is 26.8. The molecule has 0 bridgehead atoms. The number of nitrogens with zero attached hydrogens (tertiary/aromatic N) is 2. The Labute approximate surface area is 165 Å². The molecule has 0 amide bonds. The summed E-state index contributed by atoms with van der Waals surface area (Å²) in [5.74, 6) is 1.42. The predicted molar refractivity (Wildman–Crippen MR) is 114 cm³/mol. The molecule has 27 heavy (non-hydrogen) atoms. The van der Waals surface area contributed by atoms with E-state index in [1.807, 2.05) is 42.5 Å². The lowest BCUT2D eigenvalue weighted by atomic mass is 10.0. The van der Waals surface area contributed by atoms with E-state index < -0.39 is 0 Å². The first kappa shape index (κ1) is 17.6. The molecule has 0 saturated carbocycles. The van der Waals surface area contributed by atoms with E-state index in [-0.39, 0.29) is 0 Å². The molecule has 0 aliphatic rings. The molecule has 0 radical (unpaired) electrons. The standard InChI is InChI=1S/C24H21ClN2/c1-17(2)18-10-14-22(15-11-18)27-16-23(19-6-4-3-5-7-19)26-24(27)20-8-12-21(25)13-9-20/h3-17H,1-2H3. The van der Waals surface area contributed by atoms with Gasteiger partial charge in [0.25, 0.3) is 0 Å². The monoisotopic (exact) mass is 372 g/mol. The molecule has 1 aromatic heterocycles. The Bertz CT molecular complexity index is 1030. The molecular formula is C24H21ClN2. The van der Waals surface area contributed by atoms with Crippen molar-refractivity contribution in [1.29, 1.82) is 0 Å². The minimum absolute atomic E-state index is 0.512. The van der Waals surface area contributed by atoms with Crippen molar-refractivity contribution in [3.63, 3.8) is 0 Å². The third-order valence-corrected chi connectivity index (χ3v) is 4.97. The second kappa shape index (κ2) is 7.42. The van der Waals surface area contributed by atoms with Gasteiger partial charge in [0.2, 0.25) is 0 Å². The highest BCUT2D eigenvalue weighted by atomic mass is 35.5. The number of benzene rings is 3. The van der Waals surface area contributed by atoms with Crippen molar-refractivity contribution in [2.75, 3.05) is 0 Å². The highest BCUT2D eigenvalue weighted by molar-refractivity contribution is 6.30. The van der Waals surface area contributed by atoms with Crippen molar-refractivity contribution in [3.05, 3.63) is 95.6 Å². The Balaban J connectivity index is 1.85. The van der Waals surface area contributed by atoms with E-state index in [9.17, 15) is 0 Å². The van der Waals surface area contributed by atoms with E-state index in [4.69, 9.17) is 16.6 Å². The van der Waals surface area contributed by atoms with Crippen LogP contribution in [-0.4, -0.2) is 9.55 Å². The number of aromatic nitrogens is 2. The summed E-state index contributed by atoms with van der Waals surface area (Å²) >= 11 is 6.08. The van der Waals surface area contributed by atoms with Gasteiger partial charge >= 0.3 is 0 Å². The average Bonchev–Trinajstić information content (AvgIpc) is 3.15. The number of hydrogen-bond acceptors (Lipinski definition) is 1. The molecule has 134 valence electrons. The topological polar surface area (TPSA) is 17.8 Å². The van der Waals surface area contributed by atoms with Crippen molar-refractivity contribution in [3.8, 4) is 28.3 Å². The van der Waals surface area contributed by atoms with Gasteiger partial charge in [0.05, 0.1) is 5.69 Å². The summed E-state index contributed by atoms with van der Waals surface area (Å²) < 4.78 is 2.15. The summed E-state index contributed by atoms with van der Waals surface area (Å²) in [6.45, 7) is 4.41. The van der Waals surface area contributed by atoms with Crippen LogP contribution in [0.15, 0.2) is 85.1 Å². The summed E-state index contributed by atoms with van der Waals surface area (Å²) in [7, 11) is 0. The number of hydrogen-bond donors (Lipinski definition) is 0. The van der Waals surface area contributed by atoms with Gasteiger partial charge in [-0.1, -0.05) is 67.9 Å². The molecule has 4 rings (SSSR count). The summed E-state index contributed by atoms with van der Waals surface area (Å²) in [6.07, 6.45) is 2.10. The van der Waals surface area contributed by atoms with E-state index in [2.05, 4.69) is 61.0 Å². The lowest BCUT2D eigenvalue weighted by Crippen LogP contribution is -1.97. The van der Waals surface area contributed by atoms with E-state index in [1.54, 1.807) is 0 Å². The molecule has 1 heterocycles. The van der Waals surface area contributed by atoms with Crippen LogP contribution in [0.3, 0.4) is 0 Å². The van der Waals surface area contributed by atoms with Crippen LogP contribution in [0, 0.1) is 0 Å². The molecule has 0 atom stereocenters. The van der Waals surface area contributed by atoms with Gasteiger partial charge in [-0.3, -0.25) is 4.57 Å². The highest BCUT2D eigenvalue weighted by Gasteiger charge is 2.13. The van der Waals surface area contributed by atoms with Crippen molar-refractivity contribution in [2.24, 2.45) is 0 Å². The van der Waals surface area contributed by atoms with Crippen molar-refractivity contribution in [2.45, 2.75) is 19.8 Å². The van der Waals surface area contributed by atoms with E-state index >= 15 is 0 Å². The Morgan fingerprint density at radius 2 is 1.44 bits per heavy atom. The van der Waals surface area contributed by atoms with Crippen LogP contribution in [0.5, 0.6) is 0 Å². The van der Waals surface area contributed by atoms with Crippen LogP contribution in [0.2, 0.25) is 5.02 Å². The maximum atomic E-state index is 6.08. The van der Waals surface area contributed by atoms with Gasteiger partial charge < -0.3 is 0 Å². The number of imidazole rings is 1. The van der Waals surface area contributed by atoms with Gasteiger partial charge in [-0.2, -0.15) is 0 Å². The molecule has 0 unspecified atom stereocenters. The average molecular weight is 373 g/mol. The van der Waals surface area contributed by atoms with Crippen LogP contribution >= 0.6 is 11.6 Å². The molecule has 3 aromatic carbocycles. The zero-order valence-electron chi connectivity index (χ0n) is 15.4. The first-order valence-corrected chi connectivity index (χ1v) is 9.51. The van der Waals surface area contributed by atoms with Gasteiger partial charge in [0, 0.05) is 28.0 Å². The third-order valence-electron chi connectivity index (χ3n) is 4.72. The van der Waals surface area contributed by atoms with Gasteiger partial charge in [-0.15, -0.1) is 0 Å². The Hall–Kier alpha value is -2.84. The zero-order valence-corrected chi connectivity index (χ0v) is 16.2. The molecule has 3 heteroatoms. The van der Waals surface area contributed by atoms with E-state index in [0.29, 0.717) is 5.92 Å². The normalized spacial score (nSPS) is 11.1. The zero-order chi connectivity index (χ0) is 18.8. The Morgan fingerprint density at radius 1 is 0.778 bits per heavy atom. The molecule has 4 aromatic rings. The summed E-state index contributed by atoms with van der Waals surface area (Å²) in [5.41, 5.74) is 5.52. The summed E-state index contributed by atoms with van der Waals surface area (Å²) in [4.78, 5) is 4.93. The van der Waals surface area contributed by atoms with Crippen molar-refractivity contribution in [1.82, 2.24) is 9.55 Å². The number of rotatable bonds is 4. The van der Waals surface area contributed by atoms with Crippen LogP contribution in [0.25, 0.3) is 28.3 Å². The van der Waals surface area contributed by atoms with Crippen LogP contribution in [0.4, 0.5) is 0 Å². The lowest BCUT2D eigenvalue weighted by molar-refractivity contribution is 0.865. The van der Waals surface area contributed by atoms with Crippen molar-refractivity contribution >= 4 is 11.6 Å². The molecular weight excluding hydrogens is 352 g/mol. The van der Waals surface area contributed by atoms with Crippen LogP contribution < -0.4 is 0 Å². The first-order chi connectivity index (χ1) is 13.1. The molecule has 0 aliphatic carbocycles. The van der Waals surface area contributed by atoms with E-state index in [1.165, 1.54) is 5.56 Å². The van der Waals surface area contributed by atoms with Gasteiger partial charge in [0.15, 0.2) is 0 Å².